The maximum Gasteiger partial charge on any atom is 0.119 e. The van der Waals surface area contributed by atoms with Crippen molar-refractivity contribution in [3.8, 4) is 5.75 Å². The smallest absolute Gasteiger partial charge is 0.119 e. The molecular weight excluding hydrogens is 240 g/mol. The van der Waals surface area contributed by atoms with Gasteiger partial charge in [-0.3, -0.25) is 4.90 Å². The summed E-state index contributed by atoms with van der Waals surface area (Å²) in [6, 6.07) is 8.21. The molecule has 1 unspecified atom stereocenters. The van der Waals surface area contributed by atoms with Gasteiger partial charge in [0.05, 0.1) is 6.61 Å². The van der Waals surface area contributed by atoms with E-state index in [0.717, 1.165) is 38.5 Å². The van der Waals surface area contributed by atoms with E-state index in [1.807, 2.05) is 19.2 Å². The molecule has 0 bridgehead atoms. The molecule has 1 N–H and O–H groups in total. The van der Waals surface area contributed by atoms with Crippen LogP contribution in [0.15, 0.2) is 24.3 Å². The largest absolute Gasteiger partial charge is 0.491 e. The van der Waals surface area contributed by atoms with Gasteiger partial charge in [-0.1, -0.05) is 19.1 Å². The number of hydrogen-bond donors (Lipinski definition) is 1. The number of benzene rings is 1. The number of ether oxygens (including phenoxy) is 2. The third kappa shape index (κ3) is 4.49. The minimum atomic E-state index is 0.182. The van der Waals surface area contributed by atoms with Crippen LogP contribution in [0.3, 0.4) is 0 Å². The van der Waals surface area contributed by atoms with E-state index in [0.29, 0.717) is 6.61 Å². The fourth-order valence-electron chi connectivity index (χ4n) is 2.31. The average Bonchev–Trinajstić information content (AvgIpc) is 2.46. The van der Waals surface area contributed by atoms with Gasteiger partial charge in [-0.15, -0.1) is 0 Å². The number of likely N-dealkylation sites (N-methyl/N-ethyl adjacent to an activating group) is 1. The van der Waals surface area contributed by atoms with Crippen LogP contribution in [0.2, 0.25) is 0 Å². The Hall–Kier alpha value is -1.10. The number of nitrogens with one attached hydrogen (secondary N) is 1. The topological polar surface area (TPSA) is 33.7 Å². The van der Waals surface area contributed by atoms with Gasteiger partial charge in [0.25, 0.3) is 0 Å². The van der Waals surface area contributed by atoms with Crippen LogP contribution in [0.25, 0.3) is 0 Å². The first-order valence-electron chi connectivity index (χ1n) is 7.02. The zero-order valence-corrected chi connectivity index (χ0v) is 11.9. The molecule has 1 aromatic carbocycles. The van der Waals surface area contributed by atoms with E-state index >= 15 is 0 Å². The van der Waals surface area contributed by atoms with E-state index in [2.05, 4.69) is 29.3 Å². The highest BCUT2D eigenvalue weighted by Crippen LogP contribution is 2.14. The summed E-state index contributed by atoms with van der Waals surface area (Å²) in [6.07, 6.45) is 0.182. The lowest BCUT2D eigenvalue weighted by molar-refractivity contribution is -0.0464. The molecular formula is C15H24N2O2. The van der Waals surface area contributed by atoms with Crippen molar-refractivity contribution in [2.75, 3.05) is 39.9 Å². The van der Waals surface area contributed by atoms with Crippen LogP contribution in [-0.4, -0.2) is 50.9 Å². The summed E-state index contributed by atoms with van der Waals surface area (Å²) in [6.45, 7) is 7.56. The van der Waals surface area contributed by atoms with Crippen molar-refractivity contribution in [1.29, 1.82) is 0 Å². The second-order valence-corrected chi connectivity index (χ2v) is 4.87. The molecule has 0 amide bonds. The molecule has 1 aromatic rings. The second-order valence-electron chi connectivity index (χ2n) is 4.87. The highest BCUT2D eigenvalue weighted by atomic mass is 16.5. The van der Waals surface area contributed by atoms with E-state index in [9.17, 15) is 0 Å². The molecule has 1 aliphatic heterocycles. The van der Waals surface area contributed by atoms with Crippen molar-refractivity contribution in [2.24, 2.45) is 0 Å². The molecule has 1 aliphatic rings. The van der Waals surface area contributed by atoms with Crippen molar-refractivity contribution in [1.82, 2.24) is 10.2 Å². The summed E-state index contributed by atoms with van der Waals surface area (Å²) in [7, 11) is 1.95. The molecule has 106 valence electrons. The van der Waals surface area contributed by atoms with Gasteiger partial charge in [0, 0.05) is 19.6 Å². The van der Waals surface area contributed by atoms with E-state index in [4.69, 9.17) is 9.47 Å². The first kappa shape index (κ1) is 14.3. The van der Waals surface area contributed by atoms with Crippen LogP contribution in [0.5, 0.6) is 5.75 Å². The maximum atomic E-state index is 5.85. The van der Waals surface area contributed by atoms with Crippen molar-refractivity contribution < 1.29 is 9.47 Å². The summed E-state index contributed by atoms with van der Waals surface area (Å²) >= 11 is 0. The van der Waals surface area contributed by atoms with Gasteiger partial charge in [0.2, 0.25) is 0 Å². The zero-order chi connectivity index (χ0) is 13.5. The summed E-state index contributed by atoms with van der Waals surface area (Å²) < 4.78 is 11.6. The first-order valence-corrected chi connectivity index (χ1v) is 7.02. The molecule has 1 atom stereocenters. The lowest BCUT2D eigenvalue weighted by Gasteiger charge is -2.31. The minimum Gasteiger partial charge on any atom is -0.491 e. The van der Waals surface area contributed by atoms with Gasteiger partial charge >= 0.3 is 0 Å². The minimum absolute atomic E-state index is 0.182. The molecule has 1 heterocycles. The fourth-order valence-corrected chi connectivity index (χ4v) is 2.31. The molecule has 0 radical (unpaired) electrons. The predicted octanol–water partition coefficient (Wildman–Crippen LogP) is 1.51. The summed E-state index contributed by atoms with van der Waals surface area (Å²) in [5.74, 6) is 0.921. The Morgan fingerprint density at radius 1 is 1.47 bits per heavy atom. The first-order chi connectivity index (χ1) is 9.31. The van der Waals surface area contributed by atoms with E-state index < -0.39 is 0 Å². The van der Waals surface area contributed by atoms with E-state index in [1.54, 1.807) is 0 Å². The lowest BCUT2D eigenvalue weighted by atomic mass is 10.2. The van der Waals surface area contributed by atoms with Crippen LogP contribution >= 0.6 is 0 Å². The molecule has 0 saturated carbocycles. The zero-order valence-electron chi connectivity index (χ0n) is 11.9. The van der Waals surface area contributed by atoms with Gasteiger partial charge in [0.15, 0.2) is 0 Å². The molecule has 1 saturated heterocycles. The SMILES string of the molecule is CCN1CCOC(COc2cccc(CNC)c2)C1. The standard InChI is InChI=1S/C15H24N2O2/c1-3-17-7-8-18-15(11-17)12-19-14-6-4-5-13(9-14)10-16-2/h4-6,9,15-16H,3,7-8,10-12H2,1-2H3. The van der Waals surface area contributed by atoms with Gasteiger partial charge in [-0.25, -0.2) is 0 Å². The number of morpholine rings is 1. The highest BCUT2D eigenvalue weighted by Gasteiger charge is 2.19. The van der Waals surface area contributed by atoms with Crippen LogP contribution in [0.1, 0.15) is 12.5 Å². The molecule has 0 aromatic heterocycles. The molecule has 0 spiro atoms. The molecule has 4 nitrogen and oxygen atoms in total. The molecule has 19 heavy (non-hydrogen) atoms. The Morgan fingerprint density at radius 2 is 2.37 bits per heavy atom. The van der Waals surface area contributed by atoms with Crippen molar-refractivity contribution >= 4 is 0 Å². The van der Waals surface area contributed by atoms with Crippen LogP contribution in [0, 0.1) is 0 Å². The number of nitrogens with zero attached hydrogens (tertiary/aromatic N) is 1. The Labute approximate surface area is 115 Å². The van der Waals surface area contributed by atoms with Crippen LogP contribution < -0.4 is 10.1 Å². The Kier molecular flexibility index (Phi) is 5.63. The van der Waals surface area contributed by atoms with Crippen LogP contribution in [0.4, 0.5) is 0 Å². The van der Waals surface area contributed by atoms with Gasteiger partial charge in [-0.05, 0) is 31.3 Å². The number of hydrogen-bond acceptors (Lipinski definition) is 4. The summed E-state index contributed by atoms with van der Waals surface area (Å²) in [5, 5.41) is 3.14. The maximum absolute atomic E-state index is 5.85. The summed E-state index contributed by atoms with van der Waals surface area (Å²) in [4.78, 5) is 2.40. The molecule has 0 aliphatic carbocycles. The quantitative estimate of drug-likeness (QED) is 0.844. The van der Waals surface area contributed by atoms with Crippen molar-refractivity contribution in [3.63, 3.8) is 0 Å². The van der Waals surface area contributed by atoms with E-state index in [1.165, 1.54) is 5.56 Å². The molecule has 4 heteroatoms. The van der Waals surface area contributed by atoms with Gasteiger partial charge < -0.3 is 14.8 Å². The lowest BCUT2D eigenvalue weighted by Crippen LogP contribution is -2.44. The van der Waals surface area contributed by atoms with Crippen molar-refractivity contribution in [2.45, 2.75) is 19.6 Å². The Morgan fingerprint density at radius 3 is 3.16 bits per heavy atom. The Bertz CT molecular complexity index is 384. The van der Waals surface area contributed by atoms with Crippen molar-refractivity contribution in [3.05, 3.63) is 29.8 Å². The predicted molar refractivity (Wildman–Crippen MR) is 76.6 cm³/mol. The third-order valence-electron chi connectivity index (χ3n) is 3.39. The highest BCUT2D eigenvalue weighted by molar-refractivity contribution is 5.28. The van der Waals surface area contributed by atoms with Gasteiger partial charge in [-0.2, -0.15) is 0 Å². The second kappa shape index (κ2) is 7.48. The molecule has 2 rings (SSSR count). The molecule has 1 fully saturated rings. The summed E-state index contributed by atoms with van der Waals surface area (Å²) in [5.41, 5.74) is 1.24. The normalized spacial score (nSPS) is 20.4. The number of rotatable bonds is 6. The Balaban J connectivity index is 1.82. The fraction of sp³-hybridized carbons (Fsp3) is 0.600. The monoisotopic (exact) mass is 264 g/mol. The van der Waals surface area contributed by atoms with Gasteiger partial charge in [0.1, 0.15) is 18.5 Å². The average molecular weight is 264 g/mol. The third-order valence-corrected chi connectivity index (χ3v) is 3.39. The van der Waals surface area contributed by atoms with E-state index in [-0.39, 0.29) is 6.10 Å². The van der Waals surface area contributed by atoms with Crippen LogP contribution in [-0.2, 0) is 11.3 Å².